The molecule has 0 bridgehead atoms. The second-order valence-electron chi connectivity index (χ2n) is 4.71. The van der Waals surface area contributed by atoms with Gasteiger partial charge < -0.3 is 10.1 Å². The van der Waals surface area contributed by atoms with Crippen LogP contribution in [-0.4, -0.2) is 12.5 Å². The van der Waals surface area contributed by atoms with Crippen LogP contribution in [0.25, 0.3) is 0 Å². The van der Waals surface area contributed by atoms with E-state index in [9.17, 15) is 4.79 Å². The number of hydrogen-bond donors (Lipinski definition) is 1. The summed E-state index contributed by atoms with van der Waals surface area (Å²) in [6.07, 6.45) is 0. The summed E-state index contributed by atoms with van der Waals surface area (Å²) in [6.45, 7) is 3.69. The topological polar surface area (TPSA) is 38.3 Å². The number of amides is 1. The quantitative estimate of drug-likeness (QED) is 0.890. The van der Waals surface area contributed by atoms with E-state index in [1.54, 1.807) is 36.4 Å². The monoisotopic (exact) mass is 323 g/mol. The number of nitrogens with one attached hydrogen (secondary N) is 1. The van der Waals surface area contributed by atoms with Crippen LogP contribution in [0.4, 0.5) is 5.69 Å². The van der Waals surface area contributed by atoms with Crippen molar-refractivity contribution in [2.45, 2.75) is 13.8 Å². The zero-order valence-electron chi connectivity index (χ0n) is 11.7. The molecule has 21 heavy (non-hydrogen) atoms. The van der Waals surface area contributed by atoms with Crippen molar-refractivity contribution in [3.05, 3.63) is 57.6 Å². The van der Waals surface area contributed by atoms with Crippen molar-refractivity contribution in [2.75, 3.05) is 11.9 Å². The fourth-order valence-electron chi connectivity index (χ4n) is 1.81. The van der Waals surface area contributed by atoms with Gasteiger partial charge in [-0.3, -0.25) is 4.79 Å². The molecule has 5 heteroatoms. The third-order valence-electron chi connectivity index (χ3n) is 2.96. The maximum atomic E-state index is 11.9. The van der Waals surface area contributed by atoms with Crippen molar-refractivity contribution in [3.8, 4) is 5.75 Å². The lowest BCUT2D eigenvalue weighted by Gasteiger charge is -2.10. The Morgan fingerprint density at radius 3 is 2.52 bits per heavy atom. The first-order chi connectivity index (χ1) is 9.95. The number of rotatable bonds is 4. The molecule has 3 nitrogen and oxygen atoms in total. The first-order valence-electron chi connectivity index (χ1n) is 6.40. The third kappa shape index (κ3) is 4.38. The number of benzene rings is 2. The van der Waals surface area contributed by atoms with E-state index in [0.717, 1.165) is 16.8 Å². The second kappa shape index (κ2) is 6.83. The summed E-state index contributed by atoms with van der Waals surface area (Å²) in [5, 5.41) is 4.09. The van der Waals surface area contributed by atoms with Gasteiger partial charge in [-0.1, -0.05) is 23.2 Å². The molecule has 2 aromatic rings. The van der Waals surface area contributed by atoms with Crippen LogP contribution in [0.3, 0.4) is 0 Å². The minimum atomic E-state index is -0.229. The van der Waals surface area contributed by atoms with E-state index >= 15 is 0 Å². The van der Waals surface area contributed by atoms with Crippen molar-refractivity contribution >= 4 is 34.8 Å². The van der Waals surface area contributed by atoms with Crippen LogP contribution < -0.4 is 10.1 Å². The van der Waals surface area contributed by atoms with Crippen LogP contribution in [0.1, 0.15) is 11.1 Å². The molecule has 2 rings (SSSR count). The smallest absolute Gasteiger partial charge is 0.262 e. The third-order valence-corrected chi connectivity index (χ3v) is 3.62. The van der Waals surface area contributed by atoms with Gasteiger partial charge in [-0.15, -0.1) is 0 Å². The van der Waals surface area contributed by atoms with Crippen molar-refractivity contribution in [1.82, 2.24) is 0 Å². The maximum absolute atomic E-state index is 11.9. The van der Waals surface area contributed by atoms with Gasteiger partial charge in [0.25, 0.3) is 5.91 Å². The van der Waals surface area contributed by atoms with Crippen molar-refractivity contribution in [3.63, 3.8) is 0 Å². The lowest BCUT2D eigenvalue weighted by Crippen LogP contribution is -2.20. The summed E-state index contributed by atoms with van der Waals surface area (Å²) in [6, 6.07) is 10.6. The highest BCUT2D eigenvalue weighted by Gasteiger charge is 2.07. The van der Waals surface area contributed by atoms with Crippen molar-refractivity contribution in [1.29, 1.82) is 0 Å². The van der Waals surface area contributed by atoms with Gasteiger partial charge >= 0.3 is 0 Å². The average Bonchev–Trinajstić information content (AvgIpc) is 2.43. The largest absolute Gasteiger partial charge is 0.484 e. The summed E-state index contributed by atoms with van der Waals surface area (Å²) in [7, 11) is 0. The minimum Gasteiger partial charge on any atom is -0.484 e. The zero-order chi connectivity index (χ0) is 15.4. The average molecular weight is 324 g/mol. The maximum Gasteiger partial charge on any atom is 0.262 e. The van der Waals surface area contributed by atoms with Crippen LogP contribution in [0, 0.1) is 13.8 Å². The zero-order valence-corrected chi connectivity index (χ0v) is 13.3. The van der Waals surface area contributed by atoms with E-state index in [2.05, 4.69) is 5.32 Å². The van der Waals surface area contributed by atoms with Crippen molar-refractivity contribution < 1.29 is 9.53 Å². The molecule has 0 aromatic heterocycles. The molecule has 0 saturated heterocycles. The van der Waals surface area contributed by atoms with Gasteiger partial charge in [0.15, 0.2) is 6.61 Å². The van der Waals surface area contributed by atoms with Gasteiger partial charge in [0.1, 0.15) is 5.75 Å². The molecule has 0 fully saturated rings. The Labute approximate surface area is 133 Å². The van der Waals surface area contributed by atoms with E-state index in [-0.39, 0.29) is 12.5 Å². The number of hydrogen-bond acceptors (Lipinski definition) is 2. The highest BCUT2D eigenvalue weighted by molar-refractivity contribution is 6.31. The van der Waals surface area contributed by atoms with E-state index in [1.807, 2.05) is 13.8 Å². The Bertz CT molecular complexity index is 671. The molecule has 0 aliphatic carbocycles. The first-order valence-corrected chi connectivity index (χ1v) is 7.16. The van der Waals surface area contributed by atoms with E-state index in [4.69, 9.17) is 27.9 Å². The molecule has 0 heterocycles. The molecule has 0 aliphatic rings. The molecule has 0 atom stereocenters. The molecule has 0 aliphatic heterocycles. The minimum absolute atomic E-state index is 0.0663. The Balaban J connectivity index is 1.94. The second-order valence-corrected chi connectivity index (χ2v) is 5.55. The van der Waals surface area contributed by atoms with Gasteiger partial charge in [-0.2, -0.15) is 0 Å². The Morgan fingerprint density at radius 1 is 1.10 bits per heavy atom. The molecule has 1 N–H and O–H groups in total. The molecule has 0 spiro atoms. The van der Waals surface area contributed by atoms with Gasteiger partial charge in [0, 0.05) is 15.7 Å². The summed E-state index contributed by atoms with van der Waals surface area (Å²) in [5.74, 6) is 0.382. The molecule has 2 aromatic carbocycles. The molecule has 110 valence electrons. The normalized spacial score (nSPS) is 10.3. The van der Waals surface area contributed by atoms with E-state index in [0.29, 0.717) is 15.8 Å². The molecular formula is C16H15Cl2NO2. The Hall–Kier alpha value is -1.71. The Kier molecular flexibility index (Phi) is 5.10. The number of halogens is 2. The lowest BCUT2D eigenvalue weighted by molar-refractivity contribution is -0.118. The van der Waals surface area contributed by atoms with Crippen molar-refractivity contribution in [2.24, 2.45) is 0 Å². The standard InChI is InChI=1S/C16H15Cl2NO2/c1-10-8-13(4-5-14(10)18)21-9-16(20)19-15-6-3-12(17)7-11(15)2/h3-8H,9H2,1-2H3,(H,19,20). The number of carbonyl (C=O) groups excluding carboxylic acids is 1. The van der Waals surface area contributed by atoms with E-state index in [1.165, 1.54) is 0 Å². The number of aryl methyl sites for hydroxylation is 2. The highest BCUT2D eigenvalue weighted by atomic mass is 35.5. The predicted molar refractivity (Wildman–Crippen MR) is 86.5 cm³/mol. The SMILES string of the molecule is Cc1cc(OCC(=O)Nc2ccc(Cl)cc2C)ccc1Cl. The molecule has 0 radical (unpaired) electrons. The lowest BCUT2D eigenvalue weighted by atomic mass is 10.2. The van der Waals surface area contributed by atoms with Gasteiger partial charge in [-0.25, -0.2) is 0 Å². The van der Waals surface area contributed by atoms with Crippen LogP contribution in [0.15, 0.2) is 36.4 Å². The number of anilines is 1. The highest BCUT2D eigenvalue weighted by Crippen LogP contribution is 2.22. The van der Waals surface area contributed by atoms with Gasteiger partial charge in [-0.05, 0) is 61.4 Å². The van der Waals surface area contributed by atoms with Crippen LogP contribution in [0.5, 0.6) is 5.75 Å². The predicted octanol–water partition coefficient (Wildman–Crippen LogP) is 4.63. The molecular weight excluding hydrogens is 309 g/mol. The fraction of sp³-hybridized carbons (Fsp3) is 0.188. The summed E-state index contributed by atoms with van der Waals surface area (Å²) >= 11 is 11.8. The molecule has 1 amide bonds. The fourth-order valence-corrected chi connectivity index (χ4v) is 2.15. The van der Waals surface area contributed by atoms with Crippen LogP contribution in [-0.2, 0) is 4.79 Å². The number of carbonyl (C=O) groups is 1. The van der Waals surface area contributed by atoms with E-state index < -0.39 is 0 Å². The van der Waals surface area contributed by atoms with Gasteiger partial charge in [0.05, 0.1) is 0 Å². The summed E-state index contributed by atoms with van der Waals surface area (Å²) < 4.78 is 5.44. The Morgan fingerprint density at radius 2 is 1.86 bits per heavy atom. The molecule has 0 unspecified atom stereocenters. The molecule has 0 saturated carbocycles. The van der Waals surface area contributed by atoms with Crippen LogP contribution >= 0.6 is 23.2 Å². The number of ether oxygens (including phenoxy) is 1. The summed E-state index contributed by atoms with van der Waals surface area (Å²) in [5.41, 5.74) is 2.53. The first kappa shape index (κ1) is 15.7. The van der Waals surface area contributed by atoms with Crippen LogP contribution in [0.2, 0.25) is 10.0 Å². The summed E-state index contributed by atoms with van der Waals surface area (Å²) in [4.78, 5) is 11.9. The van der Waals surface area contributed by atoms with Gasteiger partial charge in [0.2, 0.25) is 0 Å².